The second kappa shape index (κ2) is 8.97. The van der Waals surface area contributed by atoms with Gasteiger partial charge in [0.25, 0.3) is 0 Å². The Hall–Kier alpha value is -1.44. The minimum absolute atomic E-state index is 0.0181. The molecule has 0 N–H and O–H groups in total. The lowest BCUT2D eigenvalue weighted by molar-refractivity contribution is -0.153. The van der Waals surface area contributed by atoms with Crippen LogP contribution in [0.1, 0.15) is 48.0 Å². The van der Waals surface area contributed by atoms with Crippen LogP contribution in [0.3, 0.4) is 0 Å². The van der Waals surface area contributed by atoms with Crippen molar-refractivity contribution in [3.8, 4) is 0 Å². The summed E-state index contributed by atoms with van der Waals surface area (Å²) in [6, 6.07) is 8.41. The average Bonchev–Trinajstić information content (AvgIpc) is 2.73. The zero-order valence-electron chi connectivity index (χ0n) is 19.4. The van der Waals surface area contributed by atoms with Crippen molar-refractivity contribution < 1.29 is 22.4 Å². The lowest BCUT2D eigenvalue weighted by Gasteiger charge is -2.42. The quantitative estimate of drug-likeness (QED) is 0.445. The molecule has 0 spiro atoms. The molecule has 168 valence electrons. The summed E-state index contributed by atoms with van der Waals surface area (Å²) in [4.78, 5) is 12.4. The van der Waals surface area contributed by atoms with Crippen molar-refractivity contribution in [2.75, 3.05) is 0 Å². The first-order chi connectivity index (χ1) is 13.7. The van der Waals surface area contributed by atoms with Crippen molar-refractivity contribution in [1.82, 2.24) is 0 Å². The molecule has 1 aliphatic carbocycles. The van der Waals surface area contributed by atoms with Gasteiger partial charge in [-0.15, -0.1) is 0 Å². The zero-order valence-corrected chi connectivity index (χ0v) is 21.2. The maximum Gasteiger partial charge on any atom is 0.302 e. The summed E-state index contributed by atoms with van der Waals surface area (Å²) < 4.78 is 39.1. The Bertz CT molecular complexity index is 884. The first-order valence-corrected chi connectivity index (χ1v) is 14.9. The molecule has 0 fully saturated rings. The van der Waals surface area contributed by atoms with E-state index in [1.807, 2.05) is 13.8 Å². The van der Waals surface area contributed by atoms with Crippen LogP contribution in [0.5, 0.6) is 0 Å². The van der Waals surface area contributed by atoms with E-state index < -0.39 is 36.1 Å². The number of carbonyl (C=O) groups excluding carboxylic acids is 1. The van der Waals surface area contributed by atoms with Gasteiger partial charge in [-0.25, -0.2) is 8.42 Å². The lowest BCUT2D eigenvalue weighted by atomic mass is 9.90. The Morgan fingerprint density at radius 1 is 1.10 bits per heavy atom. The van der Waals surface area contributed by atoms with E-state index in [-0.39, 0.29) is 22.0 Å². The summed E-state index contributed by atoms with van der Waals surface area (Å²) >= 11 is 0. The highest BCUT2D eigenvalue weighted by atomic mass is 32.2. The van der Waals surface area contributed by atoms with Crippen LogP contribution in [0.15, 0.2) is 46.2 Å². The second-order valence-corrected chi connectivity index (χ2v) is 16.5. The van der Waals surface area contributed by atoms with E-state index in [2.05, 4.69) is 33.9 Å². The largest absolute Gasteiger partial charge is 0.462 e. The number of hydrogen-bond acceptors (Lipinski definition) is 5. The summed E-state index contributed by atoms with van der Waals surface area (Å²) in [5, 5.41) is 0.0181. The Kier molecular flexibility index (Phi) is 7.42. The fraction of sp³-hybridized carbons (Fsp3) is 0.609. The SMILES string of the molecule is CC(=O)O[C@H]1[C@H](C)[C@@H](O[Si](C)(C)C(C)(C)C)CC=C(S(=O)(=O)c2ccccc2)[C@H]1C. The van der Waals surface area contributed by atoms with E-state index in [0.29, 0.717) is 11.3 Å². The molecular weight excluding hydrogens is 416 g/mol. The fourth-order valence-corrected chi connectivity index (χ4v) is 6.81. The van der Waals surface area contributed by atoms with Gasteiger partial charge in [0.15, 0.2) is 8.32 Å². The Balaban J connectivity index is 2.51. The molecule has 7 heteroatoms. The van der Waals surface area contributed by atoms with Crippen molar-refractivity contribution in [2.24, 2.45) is 11.8 Å². The van der Waals surface area contributed by atoms with Crippen molar-refractivity contribution in [3.05, 3.63) is 41.3 Å². The van der Waals surface area contributed by atoms with Crippen LogP contribution in [0, 0.1) is 11.8 Å². The third-order valence-corrected chi connectivity index (χ3v) is 13.1. The third-order valence-electron chi connectivity index (χ3n) is 6.52. The lowest BCUT2D eigenvalue weighted by Crippen LogP contribution is -2.47. The molecule has 0 unspecified atom stereocenters. The number of carbonyl (C=O) groups is 1. The number of esters is 1. The molecule has 30 heavy (non-hydrogen) atoms. The van der Waals surface area contributed by atoms with Gasteiger partial charge in [-0.3, -0.25) is 4.79 Å². The van der Waals surface area contributed by atoms with Gasteiger partial charge in [0.05, 0.1) is 15.9 Å². The summed E-state index contributed by atoms with van der Waals surface area (Å²) in [5.74, 6) is -1.02. The highest BCUT2D eigenvalue weighted by molar-refractivity contribution is 7.95. The van der Waals surface area contributed by atoms with E-state index in [9.17, 15) is 13.2 Å². The van der Waals surface area contributed by atoms with E-state index in [0.717, 1.165) is 0 Å². The van der Waals surface area contributed by atoms with Gasteiger partial charge in [-0.1, -0.05) is 58.9 Å². The maximum absolute atomic E-state index is 13.4. The molecule has 0 bridgehead atoms. The molecule has 0 aromatic heterocycles. The summed E-state index contributed by atoms with van der Waals surface area (Å²) in [6.45, 7) is 16.1. The standard InChI is InChI=1S/C23H36O5SSi/c1-16-20(28-30(7,8)23(4,5)6)14-15-21(17(2)22(16)27-18(3)24)29(25,26)19-12-10-9-11-13-19/h9-13,15-17,20,22H,14H2,1-8H3/t16-,17-,20+,22+/m1/s1. The normalized spacial score (nSPS) is 25.9. The molecule has 1 aromatic rings. The van der Waals surface area contributed by atoms with Gasteiger partial charge in [0.1, 0.15) is 6.10 Å². The maximum atomic E-state index is 13.4. The number of rotatable bonds is 5. The molecular formula is C23H36O5SSi. The van der Waals surface area contributed by atoms with Crippen molar-refractivity contribution >= 4 is 24.1 Å². The first-order valence-electron chi connectivity index (χ1n) is 10.5. The first kappa shape index (κ1) is 24.8. The topological polar surface area (TPSA) is 69.7 Å². The van der Waals surface area contributed by atoms with Crippen molar-refractivity contribution in [1.29, 1.82) is 0 Å². The summed E-state index contributed by atoms with van der Waals surface area (Å²) in [6.07, 6.45) is 1.45. The van der Waals surface area contributed by atoms with E-state index in [1.165, 1.54) is 6.92 Å². The Morgan fingerprint density at radius 3 is 2.17 bits per heavy atom. The molecule has 0 radical (unpaired) electrons. The summed E-state index contributed by atoms with van der Waals surface area (Å²) in [5.41, 5.74) is 0. The Labute approximate surface area is 182 Å². The minimum Gasteiger partial charge on any atom is -0.462 e. The molecule has 4 atom stereocenters. The highest BCUT2D eigenvalue weighted by Crippen LogP contribution is 2.42. The number of sulfone groups is 1. The van der Waals surface area contributed by atoms with Crippen molar-refractivity contribution in [2.45, 2.75) is 83.2 Å². The van der Waals surface area contributed by atoms with Gasteiger partial charge in [-0.2, -0.15) is 0 Å². The molecule has 5 nitrogen and oxygen atoms in total. The molecule has 0 amide bonds. The predicted molar refractivity (Wildman–Crippen MR) is 122 cm³/mol. The molecule has 0 aliphatic heterocycles. The summed E-state index contributed by atoms with van der Waals surface area (Å²) in [7, 11) is -5.80. The molecule has 1 aromatic carbocycles. The van der Waals surface area contributed by atoms with Crippen LogP contribution in [0.25, 0.3) is 0 Å². The van der Waals surface area contributed by atoms with E-state index in [1.54, 1.807) is 36.4 Å². The van der Waals surface area contributed by atoms with Crippen LogP contribution in [0.2, 0.25) is 18.1 Å². The van der Waals surface area contributed by atoms with Crippen LogP contribution in [-0.2, 0) is 23.8 Å². The van der Waals surface area contributed by atoms with Crippen LogP contribution >= 0.6 is 0 Å². The third kappa shape index (κ3) is 5.24. The number of benzene rings is 1. The van der Waals surface area contributed by atoms with Gasteiger partial charge in [-0.05, 0) is 36.7 Å². The zero-order chi connectivity index (χ0) is 22.9. The smallest absolute Gasteiger partial charge is 0.302 e. The average molecular weight is 453 g/mol. The van der Waals surface area contributed by atoms with Crippen molar-refractivity contribution in [3.63, 3.8) is 0 Å². The van der Waals surface area contributed by atoms with E-state index in [4.69, 9.17) is 9.16 Å². The highest BCUT2D eigenvalue weighted by Gasteiger charge is 2.45. The molecule has 0 saturated heterocycles. The molecule has 1 aliphatic rings. The Morgan fingerprint density at radius 2 is 1.67 bits per heavy atom. The van der Waals surface area contributed by atoms with Crippen LogP contribution in [0.4, 0.5) is 0 Å². The van der Waals surface area contributed by atoms with Gasteiger partial charge in [0.2, 0.25) is 9.84 Å². The molecule has 0 heterocycles. The number of hydrogen-bond donors (Lipinski definition) is 0. The molecule has 0 saturated carbocycles. The fourth-order valence-electron chi connectivity index (χ4n) is 3.66. The predicted octanol–water partition coefficient (Wildman–Crippen LogP) is 5.34. The van der Waals surface area contributed by atoms with Gasteiger partial charge >= 0.3 is 5.97 Å². The second-order valence-electron chi connectivity index (χ2n) is 9.80. The van der Waals surface area contributed by atoms with E-state index >= 15 is 0 Å². The molecule has 2 rings (SSSR count). The number of ether oxygens (including phenoxy) is 1. The van der Waals surface area contributed by atoms with Gasteiger partial charge in [0, 0.05) is 18.8 Å². The van der Waals surface area contributed by atoms with Crippen LogP contribution < -0.4 is 0 Å². The van der Waals surface area contributed by atoms with Gasteiger partial charge < -0.3 is 9.16 Å². The minimum atomic E-state index is -3.70. The van der Waals surface area contributed by atoms with Crippen LogP contribution in [-0.4, -0.2) is 34.9 Å². The monoisotopic (exact) mass is 452 g/mol.